The first-order chi connectivity index (χ1) is 5.04. The average molecular weight is 227 g/mol. The molecule has 0 N–H and O–H groups in total. The van der Waals surface area contributed by atoms with Gasteiger partial charge in [0.25, 0.3) is 5.56 Å². The van der Waals surface area contributed by atoms with Gasteiger partial charge in [-0.1, -0.05) is 0 Å². The molecule has 3 nitrogen and oxygen atoms in total. The van der Waals surface area contributed by atoms with Crippen LogP contribution in [0.3, 0.4) is 0 Å². The zero-order valence-electron chi connectivity index (χ0n) is 5.59. The van der Waals surface area contributed by atoms with Gasteiger partial charge < -0.3 is 0 Å². The smallest absolute Gasteiger partial charge is 0.287 e. The standard InChI is InChI=1S/C5H5BrF2N2O/c1-9-2-3(6)4(11)10(9)5(7)8/h2,5H,1H3. The fraction of sp³-hybridized carbons (Fsp3) is 0.400. The van der Waals surface area contributed by atoms with E-state index in [0.717, 1.165) is 4.68 Å². The SMILES string of the molecule is Cn1cc(Br)c(=O)n1C(F)F. The molecule has 62 valence electrons. The molecule has 1 aromatic rings. The van der Waals surface area contributed by atoms with Gasteiger partial charge in [-0.3, -0.25) is 9.48 Å². The molecule has 1 aromatic heterocycles. The Labute approximate surface area is 69.3 Å². The van der Waals surface area contributed by atoms with E-state index >= 15 is 0 Å². The van der Waals surface area contributed by atoms with Gasteiger partial charge in [-0.2, -0.15) is 13.5 Å². The van der Waals surface area contributed by atoms with E-state index in [9.17, 15) is 13.6 Å². The lowest BCUT2D eigenvalue weighted by molar-refractivity contribution is 0.0415. The Morgan fingerprint density at radius 2 is 2.18 bits per heavy atom. The van der Waals surface area contributed by atoms with Crippen LogP contribution in [0.25, 0.3) is 0 Å². The molecule has 1 heterocycles. The first-order valence-corrected chi connectivity index (χ1v) is 3.55. The highest BCUT2D eigenvalue weighted by molar-refractivity contribution is 9.10. The number of hydrogen-bond donors (Lipinski definition) is 0. The Balaban J connectivity index is 3.35. The maximum Gasteiger partial charge on any atom is 0.334 e. The molecule has 0 unspecified atom stereocenters. The van der Waals surface area contributed by atoms with Crippen molar-refractivity contribution in [2.24, 2.45) is 7.05 Å². The van der Waals surface area contributed by atoms with E-state index < -0.39 is 12.1 Å². The summed E-state index contributed by atoms with van der Waals surface area (Å²) >= 11 is 2.85. The first kappa shape index (κ1) is 8.45. The van der Waals surface area contributed by atoms with Gasteiger partial charge in [0.2, 0.25) is 0 Å². The summed E-state index contributed by atoms with van der Waals surface area (Å²) in [5.41, 5.74) is -0.720. The highest BCUT2D eigenvalue weighted by atomic mass is 79.9. The van der Waals surface area contributed by atoms with Crippen LogP contribution in [0.1, 0.15) is 6.55 Å². The first-order valence-electron chi connectivity index (χ1n) is 2.76. The van der Waals surface area contributed by atoms with Crippen molar-refractivity contribution < 1.29 is 8.78 Å². The van der Waals surface area contributed by atoms with E-state index in [1.807, 2.05) is 0 Å². The molecule has 0 fully saturated rings. The highest BCUT2D eigenvalue weighted by Crippen LogP contribution is 2.09. The van der Waals surface area contributed by atoms with Crippen LogP contribution >= 0.6 is 15.9 Å². The van der Waals surface area contributed by atoms with Crippen molar-refractivity contribution in [2.75, 3.05) is 0 Å². The average Bonchev–Trinajstić information content (AvgIpc) is 2.07. The maximum absolute atomic E-state index is 12.0. The van der Waals surface area contributed by atoms with Crippen molar-refractivity contribution in [2.45, 2.75) is 6.55 Å². The molecule has 0 aliphatic rings. The van der Waals surface area contributed by atoms with Gasteiger partial charge in [-0.05, 0) is 15.9 Å². The second-order valence-corrected chi connectivity index (χ2v) is 2.83. The Bertz CT molecular complexity index is 317. The van der Waals surface area contributed by atoms with Crippen molar-refractivity contribution in [1.82, 2.24) is 9.36 Å². The van der Waals surface area contributed by atoms with Gasteiger partial charge in [0.1, 0.15) is 4.47 Å². The van der Waals surface area contributed by atoms with E-state index in [2.05, 4.69) is 15.9 Å². The molecular weight excluding hydrogens is 222 g/mol. The van der Waals surface area contributed by atoms with Gasteiger partial charge in [0.05, 0.1) is 0 Å². The zero-order chi connectivity index (χ0) is 8.59. The number of hydrogen-bond acceptors (Lipinski definition) is 1. The number of nitrogens with zero attached hydrogens (tertiary/aromatic N) is 2. The largest absolute Gasteiger partial charge is 0.334 e. The number of halogens is 3. The Morgan fingerprint density at radius 3 is 2.36 bits per heavy atom. The van der Waals surface area contributed by atoms with Gasteiger partial charge in [-0.15, -0.1) is 0 Å². The van der Waals surface area contributed by atoms with Crippen LogP contribution in [0.5, 0.6) is 0 Å². The van der Waals surface area contributed by atoms with Crippen LogP contribution in [0.2, 0.25) is 0 Å². The van der Waals surface area contributed by atoms with E-state index in [4.69, 9.17) is 0 Å². The molecule has 0 aliphatic heterocycles. The molecule has 0 atom stereocenters. The summed E-state index contributed by atoms with van der Waals surface area (Å²) in [6.07, 6.45) is 1.29. The van der Waals surface area contributed by atoms with Crippen molar-refractivity contribution in [3.63, 3.8) is 0 Å². The molecule has 0 bridgehead atoms. The third-order valence-electron chi connectivity index (χ3n) is 1.24. The van der Waals surface area contributed by atoms with E-state index in [1.165, 1.54) is 13.2 Å². The Hall–Kier alpha value is -0.650. The number of aryl methyl sites for hydroxylation is 1. The fourth-order valence-electron chi connectivity index (χ4n) is 0.760. The molecule has 0 saturated heterocycles. The monoisotopic (exact) mass is 226 g/mol. The second kappa shape index (κ2) is 2.77. The van der Waals surface area contributed by atoms with Gasteiger partial charge in [-0.25, -0.2) is 0 Å². The lowest BCUT2D eigenvalue weighted by Gasteiger charge is -2.02. The van der Waals surface area contributed by atoms with Gasteiger partial charge >= 0.3 is 6.55 Å². The van der Waals surface area contributed by atoms with Crippen LogP contribution < -0.4 is 5.56 Å². The highest BCUT2D eigenvalue weighted by Gasteiger charge is 2.13. The maximum atomic E-state index is 12.0. The summed E-state index contributed by atoms with van der Waals surface area (Å²) in [5.74, 6) is 0. The normalized spacial score (nSPS) is 11.0. The van der Waals surface area contributed by atoms with E-state index in [-0.39, 0.29) is 4.47 Å². The van der Waals surface area contributed by atoms with Crippen molar-refractivity contribution in [3.05, 3.63) is 21.0 Å². The minimum atomic E-state index is -2.79. The van der Waals surface area contributed by atoms with Crippen LogP contribution in [0.15, 0.2) is 15.5 Å². The quantitative estimate of drug-likeness (QED) is 0.711. The van der Waals surface area contributed by atoms with Gasteiger partial charge in [0, 0.05) is 13.2 Å². The summed E-state index contributed by atoms with van der Waals surface area (Å²) in [6.45, 7) is -2.79. The van der Waals surface area contributed by atoms with E-state index in [1.54, 1.807) is 0 Å². The second-order valence-electron chi connectivity index (χ2n) is 1.98. The Kier molecular flexibility index (Phi) is 2.12. The molecule has 0 aromatic carbocycles. The van der Waals surface area contributed by atoms with Crippen molar-refractivity contribution in [1.29, 1.82) is 0 Å². The minimum absolute atomic E-state index is 0.139. The van der Waals surface area contributed by atoms with E-state index in [0.29, 0.717) is 4.68 Å². The third kappa shape index (κ3) is 1.35. The number of rotatable bonds is 1. The predicted octanol–water partition coefficient (Wildman–Crippen LogP) is 1.34. The molecule has 0 spiro atoms. The molecule has 0 radical (unpaired) electrons. The third-order valence-corrected chi connectivity index (χ3v) is 1.78. The minimum Gasteiger partial charge on any atom is -0.287 e. The van der Waals surface area contributed by atoms with Crippen LogP contribution in [0, 0.1) is 0 Å². The van der Waals surface area contributed by atoms with Crippen LogP contribution in [-0.4, -0.2) is 9.36 Å². The molecule has 0 saturated carbocycles. The summed E-state index contributed by atoms with van der Waals surface area (Å²) < 4.78 is 25.6. The number of alkyl halides is 2. The molecule has 6 heteroatoms. The Morgan fingerprint density at radius 1 is 1.64 bits per heavy atom. The number of aromatic nitrogens is 2. The predicted molar refractivity (Wildman–Crippen MR) is 38.6 cm³/mol. The molecule has 0 aliphatic carbocycles. The van der Waals surface area contributed by atoms with Crippen LogP contribution in [-0.2, 0) is 7.05 Å². The summed E-state index contributed by atoms with van der Waals surface area (Å²) in [5, 5.41) is 0. The lowest BCUT2D eigenvalue weighted by atomic mass is 10.7. The lowest BCUT2D eigenvalue weighted by Crippen LogP contribution is -2.22. The summed E-state index contributed by atoms with van der Waals surface area (Å²) in [4.78, 5) is 10.8. The molecule has 1 rings (SSSR count). The van der Waals surface area contributed by atoms with Gasteiger partial charge in [0.15, 0.2) is 0 Å². The van der Waals surface area contributed by atoms with Crippen molar-refractivity contribution in [3.8, 4) is 0 Å². The van der Waals surface area contributed by atoms with Crippen LogP contribution in [0.4, 0.5) is 8.78 Å². The molecule has 0 amide bonds. The zero-order valence-corrected chi connectivity index (χ0v) is 7.18. The summed E-state index contributed by atoms with van der Waals surface area (Å²) in [6, 6.07) is 0. The van der Waals surface area contributed by atoms with Crippen molar-refractivity contribution >= 4 is 15.9 Å². The molecular formula is C5H5BrF2N2O. The summed E-state index contributed by atoms with van der Waals surface area (Å²) in [7, 11) is 1.37. The fourth-order valence-corrected chi connectivity index (χ4v) is 1.24. The topological polar surface area (TPSA) is 26.9 Å². The molecule has 11 heavy (non-hydrogen) atoms.